The van der Waals surface area contributed by atoms with Crippen molar-refractivity contribution in [2.75, 3.05) is 0 Å². The van der Waals surface area contributed by atoms with Crippen molar-refractivity contribution in [1.82, 2.24) is 0 Å². The van der Waals surface area contributed by atoms with E-state index in [-0.39, 0.29) is 54.6 Å². The fourth-order valence-corrected chi connectivity index (χ4v) is 6.47. The first-order valence-electron chi connectivity index (χ1n) is 21.0. The molecule has 0 radical (unpaired) electrons. The van der Waals surface area contributed by atoms with Gasteiger partial charge in [-0.05, 0) is 90.2 Å². The third-order valence-corrected chi connectivity index (χ3v) is 8.38. The minimum Gasteiger partial charge on any atom is -0.456 e. The SMILES string of the molecule is [2H]c1c([2H])c([2H])c2c(oc3c([2H])c([2H])c(-c4c5c([2H])c([2H])c([2H])c([2H])c5c(-c5ccc6c(c5)-c5ccccc5C6(C)C)c5c([2H])c([2H])c([2H])c([2H])c45)c([2H])c32)c1[2H]. The van der Waals surface area contributed by atoms with Crippen LogP contribution in [0.3, 0.4) is 0 Å². The molecule has 7 aromatic carbocycles. The third kappa shape index (κ3) is 3.14. The van der Waals surface area contributed by atoms with E-state index >= 15 is 0 Å². The van der Waals surface area contributed by atoms with Gasteiger partial charge in [-0.1, -0.05) is 123 Å². The van der Waals surface area contributed by atoms with Gasteiger partial charge in [0.25, 0.3) is 0 Å². The van der Waals surface area contributed by atoms with E-state index in [0.29, 0.717) is 5.56 Å². The molecule has 0 N–H and O–H groups in total. The fraction of sp³-hybridized carbons (Fsp3) is 0.0732. The molecule has 0 saturated carbocycles. The molecule has 198 valence electrons. The van der Waals surface area contributed by atoms with Gasteiger partial charge in [-0.3, -0.25) is 0 Å². The zero-order chi connectivity index (χ0) is 41.1. The average Bonchev–Trinajstić information content (AvgIpc) is 3.71. The Labute approximate surface area is 265 Å². The van der Waals surface area contributed by atoms with Crippen LogP contribution in [-0.4, -0.2) is 0 Å². The molecule has 1 aliphatic rings. The molecule has 0 aliphatic heterocycles. The summed E-state index contributed by atoms with van der Waals surface area (Å²) in [5.74, 6) is 0. The lowest BCUT2D eigenvalue weighted by Crippen LogP contribution is -2.14. The second-order valence-corrected chi connectivity index (χ2v) is 10.9. The van der Waals surface area contributed by atoms with Crippen molar-refractivity contribution in [2.45, 2.75) is 19.3 Å². The fourth-order valence-electron chi connectivity index (χ4n) is 6.47. The minimum absolute atomic E-state index is 0.0841. The molecule has 0 fully saturated rings. The van der Waals surface area contributed by atoms with Gasteiger partial charge in [0.15, 0.2) is 0 Å². The molecule has 42 heavy (non-hydrogen) atoms. The van der Waals surface area contributed by atoms with Crippen molar-refractivity contribution >= 4 is 43.5 Å². The molecule has 1 nitrogen and oxygen atoms in total. The average molecular weight is 552 g/mol. The lowest BCUT2D eigenvalue weighted by Gasteiger charge is -2.22. The van der Waals surface area contributed by atoms with Gasteiger partial charge in [0.1, 0.15) is 11.2 Å². The number of para-hydroxylation sites is 1. The van der Waals surface area contributed by atoms with E-state index in [4.69, 9.17) is 16.8 Å². The van der Waals surface area contributed by atoms with Gasteiger partial charge in [0, 0.05) is 16.2 Å². The molecule has 0 bridgehead atoms. The van der Waals surface area contributed by atoms with Crippen LogP contribution in [0.2, 0.25) is 0 Å². The molecule has 0 amide bonds. The summed E-state index contributed by atoms with van der Waals surface area (Å²) in [5.41, 5.74) is 2.40. The Morgan fingerprint density at radius 1 is 0.524 bits per heavy atom. The Morgan fingerprint density at radius 2 is 1.10 bits per heavy atom. The van der Waals surface area contributed by atoms with Gasteiger partial charge in [-0.25, -0.2) is 0 Å². The maximum Gasteiger partial charge on any atom is 0.135 e. The summed E-state index contributed by atoms with van der Waals surface area (Å²) in [6.45, 7) is 4.18. The van der Waals surface area contributed by atoms with Crippen molar-refractivity contribution in [3.05, 3.63) is 144 Å². The summed E-state index contributed by atoms with van der Waals surface area (Å²) in [4.78, 5) is 0. The molecular formula is C41H28O. The predicted molar refractivity (Wildman–Crippen MR) is 177 cm³/mol. The highest BCUT2D eigenvalue weighted by Crippen LogP contribution is 2.51. The van der Waals surface area contributed by atoms with Crippen LogP contribution in [0.5, 0.6) is 0 Å². The van der Waals surface area contributed by atoms with Gasteiger partial charge in [-0.15, -0.1) is 0 Å². The minimum atomic E-state index is -0.687. The highest BCUT2D eigenvalue weighted by molar-refractivity contribution is 6.22. The van der Waals surface area contributed by atoms with E-state index < -0.39 is 102 Å². The van der Waals surface area contributed by atoms with Crippen molar-refractivity contribution < 1.29 is 25.0 Å². The lowest BCUT2D eigenvalue weighted by atomic mass is 9.81. The van der Waals surface area contributed by atoms with Gasteiger partial charge in [0.05, 0.1) is 20.6 Å². The molecule has 8 aromatic rings. The van der Waals surface area contributed by atoms with E-state index in [1.54, 1.807) is 6.07 Å². The van der Waals surface area contributed by atoms with Crippen LogP contribution in [0.4, 0.5) is 0 Å². The normalized spacial score (nSPS) is 18.7. The Bertz CT molecular complexity index is 3140. The summed E-state index contributed by atoms with van der Waals surface area (Å²) in [5, 5.41) is -1.30. The molecule has 1 heterocycles. The lowest BCUT2D eigenvalue weighted by molar-refractivity contribution is 0.660. The summed E-state index contributed by atoms with van der Waals surface area (Å²) >= 11 is 0. The maximum atomic E-state index is 9.60. The second kappa shape index (κ2) is 8.44. The zero-order valence-electron chi connectivity index (χ0n) is 37.4. The Hall–Kier alpha value is -5.14. The van der Waals surface area contributed by atoms with Crippen LogP contribution < -0.4 is 0 Å². The first kappa shape index (κ1) is 13.2. The number of hydrogen-bond acceptors (Lipinski definition) is 1. The summed E-state index contributed by atoms with van der Waals surface area (Å²) in [6, 6.07) is 4.13. The van der Waals surface area contributed by atoms with E-state index in [2.05, 4.69) is 13.8 Å². The number of hydrogen-bond donors (Lipinski definition) is 0. The topological polar surface area (TPSA) is 13.1 Å². The molecule has 0 spiro atoms. The van der Waals surface area contributed by atoms with Crippen molar-refractivity contribution in [3.63, 3.8) is 0 Å². The molecule has 0 unspecified atom stereocenters. The van der Waals surface area contributed by atoms with Crippen LogP contribution in [0, 0.1) is 0 Å². The van der Waals surface area contributed by atoms with E-state index in [9.17, 15) is 8.22 Å². The first-order chi connectivity index (χ1) is 26.8. The molecule has 0 atom stereocenters. The summed E-state index contributed by atoms with van der Waals surface area (Å²) in [7, 11) is 0. The van der Waals surface area contributed by atoms with E-state index in [0.717, 1.165) is 22.3 Å². The summed E-state index contributed by atoms with van der Waals surface area (Å²) < 4.78 is 140. The zero-order valence-corrected chi connectivity index (χ0v) is 22.4. The van der Waals surface area contributed by atoms with Crippen molar-refractivity contribution in [2.24, 2.45) is 0 Å². The third-order valence-electron chi connectivity index (χ3n) is 8.38. The standard InChI is InChI=1S/C41H28O/c1-41(2)35-17-9-7-11-27(35)33-23-25(19-21-36(33)41)39-29-13-3-5-15-31(29)40(32-16-6-4-14-30(32)39)26-20-22-38-34(24-26)28-12-8-10-18-37(28)42-38/h3-24H,1-2H3/i3D,4D,5D,6D,8D,10D,12D,13D,14D,15D,16D,18D,20D,22D,24D. The Morgan fingerprint density at radius 3 is 1.81 bits per heavy atom. The second-order valence-electron chi connectivity index (χ2n) is 10.9. The Balaban J connectivity index is 1.56. The van der Waals surface area contributed by atoms with Crippen LogP contribution in [0.1, 0.15) is 45.5 Å². The monoisotopic (exact) mass is 551 g/mol. The smallest absolute Gasteiger partial charge is 0.135 e. The first-order valence-corrected chi connectivity index (χ1v) is 13.5. The van der Waals surface area contributed by atoms with Gasteiger partial charge >= 0.3 is 0 Å². The molecular weight excluding hydrogens is 508 g/mol. The van der Waals surface area contributed by atoms with E-state index in [1.807, 2.05) is 36.4 Å². The van der Waals surface area contributed by atoms with E-state index in [1.165, 1.54) is 0 Å². The molecule has 0 saturated heterocycles. The molecule has 1 aromatic heterocycles. The van der Waals surface area contributed by atoms with Crippen molar-refractivity contribution in [3.8, 4) is 33.4 Å². The van der Waals surface area contributed by atoms with Gasteiger partial charge < -0.3 is 4.42 Å². The number of rotatable bonds is 2. The van der Waals surface area contributed by atoms with Crippen LogP contribution >= 0.6 is 0 Å². The quantitative estimate of drug-likeness (QED) is 0.195. The van der Waals surface area contributed by atoms with Gasteiger partial charge in [0.2, 0.25) is 0 Å². The maximum absolute atomic E-state index is 9.60. The van der Waals surface area contributed by atoms with Crippen LogP contribution in [-0.2, 0) is 5.41 Å². The predicted octanol–water partition coefficient (Wildman–Crippen LogP) is 11.5. The number of furan rings is 1. The van der Waals surface area contributed by atoms with Crippen LogP contribution in [0.25, 0.3) is 76.9 Å². The summed E-state index contributed by atoms with van der Waals surface area (Å²) in [6.07, 6.45) is 0. The van der Waals surface area contributed by atoms with Gasteiger partial charge in [-0.2, -0.15) is 0 Å². The molecule has 1 heteroatoms. The molecule has 9 rings (SSSR count). The molecule has 1 aliphatic carbocycles. The number of benzene rings is 7. The largest absolute Gasteiger partial charge is 0.456 e. The highest BCUT2D eigenvalue weighted by Gasteiger charge is 2.35. The Kier molecular flexibility index (Phi) is 2.66. The van der Waals surface area contributed by atoms with Crippen molar-refractivity contribution in [1.29, 1.82) is 0 Å². The van der Waals surface area contributed by atoms with Crippen LogP contribution in [0.15, 0.2) is 138 Å². The highest BCUT2D eigenvalue weighted by atomic mass is 16.3. The number of fused-ring (bicyclic) bond motifs is 8.